The summed E-state index contributed by atoms with van der Waals surface area (Å²) < 4.78 is 8.48. The van der Waals surface area contributed by atoms with E-state index in [0.29, 0.717) is 0 Å². The molecular weight excluding hydrogens is 498 g/mol. The normalized spacial score (nSPS) is 13.8. The fourth-order valence-corrected chi connectivity index (χ4v) is 7.15. The van der Waals surface area contributed by atoms with Crippen LogP contribution in [0.15, 0.2) is 132 Å². The van der Waals surface area contributed by atoms with Crippen molar-refractivity contribution >= 4 is 43.7 Å². The van der Waals surface area contributed by atoms with Gasteiger partial charge in [-0.05, 0) is 81.9 Å². The Kier molecular flexibility index (Phi) is 4.42. The van der Waals surface area contributed by atoms with E-state index < -0.39 is 0 Å². The Morgan fingerprint density at radius 2 is 1.20 bits per heavy atom. The number of hydrogen-bond acceptors (Lipinski definition) is 1. The minimum Gasteiger partial charge on any atom is -0.456 e. The average molecular weight is 526 g/mol. The first-order valence-electron chi connectivity index (χ1n) is 14.3. The fraction of sp³-hybridized carbons (Fsp3) is 0.0769. The number of hydrogen-bond donors (Lipinski definition) is 0. The van der Waals surface area contributed by atoms with Gasteiger partial charge in [-0.3, -0.25) is 0 Å². The smallest absolute Gasteiger partial charge is 0.135 e. The highest BCUT2D eigenvalue weighted by Crippen LogP contribution is 2.51. The van der Waals surface area contributed by atoms with E-state index in [0.717, 1.165) is 21.9 Å². The maximum absolute atomic E-state index is 6.06. The number of furan rings is 1. The van der Waals surface area contributed by atoms with Crippen LogP contribution < -0.4 is 0 Å². The molecule has 0 saturated heterocycles. The van der Waals surface area contributed by atoms with Crippen molar-refractivity contribution in [1.82, 2.24) is 4.57 Å². The Balaban J connectivity index is 1.23. The van der Waals surface area contributed by atoms with Gasteiger partial charge in [0.1, 0.15) is 11.2 Å². The number of fused-ring (bicyclic) bond motifs is 9. The lowest BCUT2D eigenvalue weighted by Gasteiger charge is -2.21. The first kappa shape index (κ1) is 22.7. The molecule has 0 radical (unpaired) electrons. The zero-order valence-corrected chi connectivity index (χ0v) is 23.0. The van der Waals surface area contributed by atoms with Gasteiger partial charge in [-0.2, -0.15) is 0 Å². The third-order valence-electron chi connectivity index (χ3n) is 9.21. The van der Waals surface area contributed by atoms with Gasteiger partial charge in [0.2, 0.25) is 0 Å². The molecule has 9 rings (SSSR count). The molecule has 2 nitrogen and oxygen atoms in total. The molecule has 0 bridgehead atoms. The molecule has 2 heterocycles. The van der Waals surface area contributed by atoms with Crippen LogP contribution in [0.5, 0.6) is 0 Å². The molecule has 2 aromatic heterocycles. The van der Waals surface area contributed by atoms with E-state index in [1.54, 1.807) is 0 Å². The van der Waals surface area contributed by atoms with Crippen molar-refractivity contribution in [3.63, 3.8) is 0 Å². The summed E-state index contributed by atoms with van der Waals surface area (Å²) in [6.07, 6.45) is 0. The van der Waals surface area contributed by atoms with Crippen LogP contribution in [0.2, 0.25) is 0 Å². The molecule has 8 aromatic rings. The zero-order chi connectivity index (χ0) is 27.3. The van der Waals surface area contributed by atoms with Crippen molar-refractivity contribution in [3.05, 3.63) is 139 Å². The highest BCUT2D eigenvalue weighted by molar-refractivity contribution is 6.11. The molecule has 0 unspecified atom stereocenters. The van der Waals surface area contributed by atoms with E-state index >= 15 is 0 Å². The first-order valence-corrected chi connectivity index (χ1v) is 14.3. The van der Waals surface area contributed by atoms with E-state index in [2.05, 4.69) is 134 Å². The summed E-state index contributed by atoms with van der Waals surface area (Å²) in [7, 11) is 0. The summed E-state index contributed by atoms with van der Waals surface area (Å²) in [4.78, 5) is 0. The van der Waals surface area contributed by atoms with Crippen molar-refractivity contribution in [2.75, 3.05) is 0 Å². The summed E-state index contributed by atoms with van der Waals surface area (Å²) in [5, 5.41) is 4.91. The van der Waals surface area contributed by atoms with Crippen LogP contribution in [-0.4, -0.2) is 4.57 Å². The van der Waals surface area contributed by atoms with Gasteiger partial charge in [-0.15, -0.1) is 0 Å². The summed E-state index contributed by atoms with van der Waals surface area (Å²) in [6.45, 7) is 4.70. The fourth-order valence-electron chi connectivity index (χ4n) is 7.15. The van der Waals surface area contributed by atoms with E-state index in [-0.39, 0.29) is 5.41 Å². The molecule has 2 heteroatoms. The topological polar surface area (TPSA) is 18.1 Å². The molecule has 0 spiro atoms. The molecular formula is C39H27NO. The largest absolute Gasteiger partial charge is 0.456 e. The molecule has 1 aliphatic carbocycles. The summed E-state index contributed by atoms with van der Waals surface area (Å²) in [6, 6.07) is 46.3. The highest BCUT2D eigenvalue weighted by Gasteiger charge is 2.36. The SMILES string of the molecule is CC1(C)c2ccccc2-c2cc3c(cc21)c1ccccc1n3-c1ccc(-c2ccc3oc4ccccc4c3c2)cc1. The van der Waals surface area contributed by atoms with Crippen LogP contribution in [0.3, 0.4) is 0 Å². The maximum atomic E-state index is 6.06. The molecule has 194 valence electrons. The minimum absolute atomic E-state index is 0.0214. The van der Waals surface area contributed by atoms with Crippen molar-refractivity contribution in [2.45, 2.75) is 19.3 Å². The Bertz CT molecular complexity index is 2330. The number of aromatic nitrogens is 1. The second-order valence-corrected chi connectivity index (χ2v) is 11.8. The van der Waals surface area contributed by atoms with Gasteiger partial charge in [-0.1, -0.05) is 92.7 Å². The van der Waals surface area contributed by atoms with Crippen LogP contribution in [0.25, 0.3) is 71.7 Å². The van der Waals surface area contributed by atoms with Gasteiger partial charge < -0.3 is 8.98 Å². The number of para-hydroxylation sites is 2. The van der Waals surface area contributed by atoms with E-state index in [1.165, 1.54) is 60.9 Å². The molecule has 0 atom stereocenters. The van der Waals surface area contributed by atoms with E-state index in [1.807, 2.05) is 12.1 Å². The van der Waals surface area contributed by atoms with Crippen LogP contribution in [0.4, 0.5) is 0 Å². The quantitative estimate of drug-likeness (QED) is 0.219. The highest BCUT2D eigenvalue weighted by atomic mass is 16.3. The van der Waals surface area contributed by atoms with Crippen LogP contribution in [0.1, 0.15) is 25.0 Å². The monoisotopic (exact) mass is 525 g/mol. The maximum Gasteiger partial charge on any atom is 0.135 e. The Morgan fingerprint density at radius 3 is 2.07 bits per heavy atom. The standard InChI is InChI=1S/C39H27NO/c1-39(2)33-12-6-3-9-27(33)30-23-36-31(22-34(30)39)28-10-4-7-13-35(28)40(36)26-18-15-24(16-19-26)25-17-20-38-32(21-25)29-11-5-8-14-37(29)41-38/h3-23H,1-2H3. The lowest BCUT2D eigenvalue weighted by Crippen LogP contribution is -2.14. The number of rotatable bonds is 2. The summed E-state index contributed by atoms with van der Waals surface area (Å²) >= 11 is 0. The van der Waals surface area contributed by atoms with Crippen LogP contribution in [-0.2, 0) is 5.41 Å². The Hall–Kier alpha value is -5.08. The molecule has 0 saturated carbocycles. The Labute approximate surface area is 238 Å². The lowest BCUT2D eigenvalue weighted by molar-refractivity contribution is 0.661. The van der Waals surface area contributed by atoms with E-state index in [9.17, 15) is 0 Å². The average Bonchev–Trinajstić information content (AvgIpc) is 3.62. The van der Waals surface area contributed by atoms with Gasteiger partial charge in [0.15, 0.2) is 0 Å². The van der Waals surface area contributed by atoms with Crippen molar-refractivity contribution in [2.24, 2.45) is 0 Å². The predicted octanol–water partition coefficient (Wildman–Crippen LogP) is 10.7. The third kappa shape index (κ3) is 3.08. The van der Waals surface area contributed by atoms with Crippen LogP contribution in [0, 0.1) is 0 Å². The van der Waals surface area contributed by atoms with Gasteiger partial charge in [-0.25, -0.2) is 0 Å². The molecule has 41 heavy (non-hydrogen) atoms. The molecule has 1 aliphatic rings. The second-order valence-electron chi connectivity index (χ2n) is 11.8. The summed E-state index contributed by atoms with van der Waals surface area (Å²) in [5.74, 6) is 0. The van der Waals surface area contributed by atoms with Crippen LogP contribution >= 0.6 is 0 Å². The molecule has 0 N–H and O–H groups in total. The van der Waals surface area contributed by atoms with Crippen molar-refractivity contribution in [3.8, 4) is 27.9 Å². The Morgan fingerprint density at radius 1 is 0.488 bits per heavy atom. The third-order valence-corrected chi connectivity index (χ3v) is 9.21. The van der Waals surface area contributed by atoms with Gasteiger partial charge in [0.05, 0.1) is 11.0 Å². The summed E-state index contributed by atoms with van der Waals surface area (Å²) in [5.41, 5.74) is 13.4. The minimum atomic E-state index is -0.0214. The van der Waals surface area contributed by atoms with Crippen molar-refractivity contribution < 1.29 is 4.42 Å². The molecule has 6 aromatic carbocycles. The second kappa shape index (κ2) is 7.99. The van der Waals surface area contributed by atoms with Crippen molar-refractivity contribution in [1.29, 1.82) is 0 Å². The van der Waals surface area contributed by atoms with Gasteiger partial charge >= 0.3 is 0 Å². The molecule has 0 aliphatic heterocycles. The van der Waals surface area contributed by atoms with Gasteiger partial charge in [0.25, 0.3) is 0 Å². The number of benzene rings is 6. The zero-order valence-electron chi connectivity index (χ0n) is 23.0. The lowest BCUT2D eigenvalue weighted by atomic mass is 9.82. The van der Waals surface area contributed by atoms with Gasteiger partial charge in [0, 0.05) is 32.6 Å². The molecule has 0 amide bonds. The first-order chi connectivity index (χ1) is 20.1. The molecule has 0 fully saturated rings. The van der Waals surface area contributed by atoms with E-state index in [4.69, 9.17) is 4.42 Å². The predicted molar refractivity (Wildman–Crippen MR) is 171 cm³/mol. The number of nitrogens with zero attached hydrogens (tertiary/aromatic N) is 1.